The van der Waals surface area contributed by atoms with Crippen LogP contribution >= 0.6 is 0 Å². The topological polar surface area (TPSA) is 108 Å². The molecular weight excluding hydrogens is 420 g/mol. The molecule has 2 aliphatic rings. The molecule has 2 aromatic carbocycles. The number of rotatable bonds is 7. The molecule has 0 spiro atoms. The van der Waals surface area contributed by atoms with Gasteiger partial charge in [0.05, 0.1) is 5.69 Å². The molecule has 1 amide bonds. The number of nitrogens with two attached hydrogens (primary N) is 1. The Bertz CT molecular complexity index is 1240. The molecule has 1 aliphatic heterocycles. The molecule has 1 saturated carbocycles. The molecule has 1 atom stereocenters. The monoisotopic (exact) mass is 444 g/mol. The van der Waals surface area contributed by atoms with Crippen LogP contribution in [0.1, 0.15) is 44.8 Å². The molecule has 2 heterocycles. The zero-order chi connectivity index (χ0) is 22.9. The third kappa shape index (κ3) is 4.32. The summed E-state index contributed by atoms with van der Waals surface area (Å²) in [6.45, 7) is 1.91. The highest BCUT2D eigenvalue weighted by molar-refractivity contribution is 6.09. The van der Waals surface area contributed by atoms with Crippen LogP contribution in [0.4, 0.5) is 5.82 Å². The van der Waals surface area contributed by atoms with Gasteiger partial charge in [-0.2, -0.15) is 0 Å². The zero-order valence-corrected chi connectivity index (χ0v) is 18.2. The van der Waals surface area contributed by atoms with Gasteiger partial charge in [-0.25, -0.2) is 4.98 Å². The van der Waals surface area contributed by atoms with Crippen LogP contribution in [0.3, 0.4) is 0 Å². The molecule has 3 N–H and O–H groups in total. The van der Waals surface area contributed by atoms with Crippen LogP contribution in [0.15, 0.2) is 66.9 Å². The number of ether oxygens (including phenoxy) is 2. The molecule has 0 radical (unpaired) electrons. The second-order valence-electron chi connectivity index (χ2n) is 8.28. The SMILES string of the molecule is Cc1ccc(C(=O)NC2CC2)cc1-n1cnc(C(=O)C2=COC(Cc3ccccc3)O2)c1N. The number of ketones is 1. The van der Waals surface area contributed by atoms with Gasteiger partial charge in [0, 0.05) is 18.0 Å². The van der Waals surface area contributed by atoms with Crippen LogP contribution in [0.5, 0.6) is 0 Å². The predicted molar refractivity (Wildman–Crippen MR) is 122 cm³/mol. The van der Waals surface area contributed by atoms with Crippen LogP contribution in [0, 0.1) is 6.92 Å². The van der Waals surface area contributed by atoms with Gasteiger partial charge in [-0.15, -0.1) is 0 Å². The first kappa shape index (κ1) is 20.8. The van der Waals surface area contributed by atoms with E-state index in [2.05, 4.69) is 10.3 Å². The number of Topliss-reactive ketones (excluding diaryl/α,β-unsaturated/α-hetero) is 1. The highest BCUT2D eigenvalue weighted by atomic mass is 16.7. The van der Waals surface area contributed by atoms with Crippen LogP contribution in [0.25, 0.3) is 5.69 Å². The molecule has 1 aromatic heterocycles. The maximum Gasteiger partial charge on any atom is 0.253 e. The number of anilines is 1. The number of amides is 1. The van der Waals surface area contributed by atoms with Crippen molar-refractivity contribution < 1.29 is 19.1 Å². The lowest BCUT2D eigenvalue weighted by Crippen LogP contribution is -2.25. The Labute approximate surface area is 191 Å². The molecule has 5 rings (SSSR count). The predicted octanol–water partition coefficient (Wildman–Crippen LogP) is 3.29. The summed E-state index contributed by atoms with van der Waals surface area (Å²) in [7, 11) is 0. The molecule has 0 saturated heterocycles. The third-order valence-electron chi connectivity index (χ3n) is 5.72. The number of carbonyl (C=O) groups excluding carboxylic acids is 2. The summed E-state index contributed by atoms with van der Waals surface area (Å²) in [5, 5.41) is 2.98. The minimum Gasteiger partial charge on any atom is -0.458 e. The lowest BCUT2D eigenvalue weighted by Gasteiger charge is -2.12. The highest BCUT2D eigenvalue weighted by Gasteiger charge is 2.30. The van der Waals surface area contributed by atoms with Gasteiger partial charge in [0.2, 0.25) is 12.0 Å². The average molecular weight is 444 g/mol. The van der Waals surface area contributed by atoms with Gasteiger partial charge in [0.15, 0.2) is 5.69 Å². The lowest BCUT2D eigenvalue weighted by atomic mass is 10.1. The number of nitrogens with zero attached hydrogens (tertiary/aromatic N) is 2. The standard InChI is InChI=1S/C25H24N4O4/c1-15-7-8-17(25(31)28-18-9-10-18)12-19(15)29-14-27-22(24(29)26)23(30)20-13-32-21(33-20)11-16-5-3-2-4-6-16/h2-8,12-14,18,21H,9-11,26H2,1H3,(H,28,31). The van der Waals surface area contributed by atoms with E-state index < -0.39 is 12.1 Å². The van der Waals surface area contributed by atoms with Gasteiger partial charge in [0.1, 0.15) is 18.4 Å². The van der Waals surface area contributed by atoms with Crippen molar-refractivity contribution >= 4 is 17.5 Å². The van der Waals surface area contributed by atoms with Crippen LogP contribution in [-0.4, -0.2) is 33.6 Å². The van der Waals surface area contributed by atoms with E-state index in [0.717, 1.165) is 24.0 Å². The first-order valence-electron chi connectivity index (χ1n) is 10.8. The van der Waals surface area contributed by atoms with Gasteiger partial charge in [-0.3, -0.25) is 14.2 Å². The number of hydrogen-bond donors (Lipinski definition) is 2. The summed E-state index contributed by atoms with van der Waals surface area (Å²) in [4.78, 5) is 29.7. The van der Waals surface area contributed by atoms with Crippen LogP contribution < -0.4 is 11.1 Å². The molecular formula is C25H24N4O4. The van der Waals surface area contributed by atoms with Crippen molar-refractivity contribution in [1.82, 2.24) is 14.9 Å². The van der Waals surface area contributed by atoms with Crippen molar-refractivity contribution in [3.63, 3.8) is 0 Å². The number of allylic oxidation sites excluding steroid dienone is 1. The van der Waals surface area contributed by atoms with E-state index >= 15 is 0 Å². The molecule has 8 heteroatoms. The molecule has 33 heavy (non-hydrogen) atoms. The minimum absolute atomic E-state index is 0.0576. The first-order valence-corrected chi connectivity index (χ1v) is 10.8. The van der Waals surface area contributed by atoms with E-state index in [0.29, 0.717) is 17.7 Å². The number of hydrogen-bond acceptors (Lipinski definition) is 6. The second-order valence-corrected chi connectivity index (χ2v) is 8.28. The number of imidazole rings is 1. The fraction of sp³-hybridized carbons (Fsp3) is 0.240. The number of nitrogens with one attached hydrogen (secondary N) is 1. The Morgan fingerprint density at radius 3 is 2.73 bits per heavy atom. The van der Waals surface area contributed by atoms with Gasteiger partial charge in [0.25, 0.3) is 11.7 Å². The van der Waals surface area contributed by atoms with E-state index in [1.807, 2.05) is 43.3 Å². The lowest BCUT2D eigenvalue weighted by molar-refractivity contribution is -0.0288. The summed E-state index contributed by atoms with van der Waals surface area (Å²) >= 11 is 0. The zero-order valence-electron chi connectivity index (χ0n) is 18.2. The smallest absolute Gasteiger partial charge is 0.253 e. The van der Waals surface area contributed by atoms with Gasteiger partial charge in [-0.1, -0.05) is 36.4 Å². The normalized spacial score (nSPS) is 17.1. The van der Waals surface area contributed by atoms with Crippen molar-refractivity contribution in [2.24, 2.45) is 0 Å². The molecule has 1 aliphatic carbocycles. The molecule has 0 bridgehead atoms. The van der Waals surface area contributed by atoms with Crippen molar-refractivity contribution in [3.05, 3.63) is 89.3 Å². The summed E-state index contributed by atoms with van der Waals surface area (Å²) in [5.41, 5.74) is 9.51. The third-order valence-corrected chi connectivity index (χ3v) is 5.72. The Kier molecular flexibility index (Phi) is 5.34. The van der Waals surface area contributed by atoms with E-state index in [-0.39, 0.29) is 29.2 Å². The van der Waals surface area contributed by atoms with E-state index in [1.165, 1.54) is 12.6 Å². The van der Waals surface area contributed by atoms with Gasteiger partial charge < -0.3 is 20.5 Å². The highest BCUT2D eigenvalue weighted by Crippen LogP contribution is 2.27. The van der Waals surface area contributed by atoms with Crippen LogP contribution in [-0.2, 0) is 15.9 Å². The fourth-order valence-electron chi connectivity index (χ4n) is 3.69. The van der Waals surface area contributed by atoms with Crippen molar-refractivity contribution in [2.45, 2.75) is 38.5 Å². The van der Waals surface area contributed by atoms with E-state index in [4.69, 9.17) is 15.2 Å². The Morgan fingerprint density at radius 1 is 1.18 bits per heavy atom. The summed E-state index contributed by atoms with van der Waals surface area (Å²) < 4.78 is 12.8. The van der Waals surface area contributed by atoms with Gasteiger partial charge >= 0.3 is 0 Å². The number of aryl methyl sites for hydroxylation is 1. The van der Waals surface area contributed by atoms with Gasteiger partial charge in [-0.05, 0) is 43.0 Å². The Hall–Kier alpha value is -4.07. The second kappa shape index (κ2) is 8.46. The Morgan fingerprint density at radius 2 is 1.97 bits per heavy atom. The van der Waals surface area contributed by atoms with Crippen LogP contribution in [0.2, 0.25) is 0 Å². The van der Waals surface area contributed by atoms with Crippen molar-refractivity contribution in [3.8, 4) is 5.69 Å². The Balaban J connectivity index is 1.33. The minimum atomic E-state index is -0.585. The quantitative estimate of drug-likeness (QED) is 0.542. The first-order chi connectivity index (χ1) is 16.0. The van der Waals surface area contributed by atoms with E-state index in [9.17, 15) is 9.59 Å². The number of aromatic nitrogens is 2. The molecule has 1 unspecified atom stereocenters. The summed E-state index contributed by atoms with van der Waals surface area (Å²) in [6, 6.07) is 15.4. The largest absolute Gasteiger partial charge is 0.458 e. The number of nitrogen functional groups attached to an aromatic ring is 1. The average Bonchev–Trinajstić information content (AvgIpc) is 3.37. The maximum atomic E-state index is 13.0. The fourth-order valence-corrected chi connectivity index (χ4v) is 3.69. The van der Waals surface area contributed by atoms with Crippen molar-refractivity contribution in [2.75, 3.05) is 5.73 Å². The molecule has 8 nitrogen and oxygen atoms in total. The molecule has 1 fully saturated rings. The maximum absolute atomic E-state index is 13.0. The summed E-state index contributed by atoms with van der Waals surface area (Å²) in [6.07, 6.45) is 4.73. The van der Waals surface area contributed by atoms with E-state index in [1.54, 1.807) is 16.7 Å². The molecule has 168 valence electrons. The summed E-state index contributed by atoms with van der Waals surface area (Å²) in [5.74, 6) is -0.358. The number of benzene rings is 2. The number of carbonyl (C=O) groups is 2. The van der Waals surface area contributed by atoms with Crippen molar-refractivity contribution in [1.29, 1.82) is 0 Å². The molecule has 3 aromatic rings.